The molecule has 8 heteroatoms. The van der Waals surface area contributed by atoms with Crippen LogP contribution in [0.5, 0.6) is 0 Å². The van der Waals surface area contributed by atoms with Crippen LogP contribution in [0.15, 0.2) is 23.1 Å². The number of amides is 1. The summed E-state index contributed by atoms with van der Waals surface area (Å²) in [5.41, 5.74) is 3.81. The van der Waals surface area contributed by atoms with Gasteiger partial charge in [-0.2, -0.15) is 9.57 Å². The molecule has 1 saturated heterocycles. The summed E-state index contributed by atoms with van der Waals surface area (Å²) < 4.78 is 39.7. The molecular formula is C13H14FN3O3S. The molecule has 21 heavy (non-hydrogen) atoms. The van der Waals surface area contributed by atoms with Gasteiger partial charge in [0, 0.05) is 13.1 Å². The molecule has 0 saturated carbocycles. The minimum atomic E-state index is -4.05. The zero-order valence-corrected chi connectivity index (χ0v) is 12.2. The molecule has 112 valence electrons. The van der Waals surface area contributed by atoms with Crippen molar-refractivity contribution in [2.75, 3.05) is 13.1 Å². The molecule has 1 heterocycles. The SMILES string of the molecule is CC1(C(N)=O)CCN(S(=O)(=O)c2cccc(F)c2C#N)C1. The minimum absolute atomic E-state index is 0.0773. The third-order valence-electron chi connectivity index (χ3n) is 3.74. The van der Waals surface area contributed by atoms with Crippen LogP contribution in [-0.4, -0.2) is 31.7 Å². The predicted octanol–water partition coefficient (Wildman–Crippen LogP) is 0.583. The minimum Gasteiger partial charge on any atom is -0.369 e. The molecule has 2 N–H and O–H groups in total. The number of sulfonamides is 1. The summed E-state index contributed by atoms with van der Waals surface area (Å²) in [6.07, 6.45) is 0.290. The number of hydrogen-bond donors (Lipinski definition) is 1. The van der Waals surface area contributed by atoms with Crippen LogP contribution in [0, 0.1) is 22.6 Å². The highest BCUT2D eigenvalue weighted by atomic mass is 32.2. The summed E-state index contributed by atoms with van der Waals surface area (Å²) in [6, 6.07) is 4.99. The van der Waals surface area contributed by atoms with Crippen molar-refractivity contribution in [3.05, 3.63) is 29.6 Å². The number of rotatable bonds is 3. The smallest absolute Gasteiger partial charge is 0.244 e. The summed E-state index contributed by atoms with van der Waals surface area (Å²) in [5, 5.41) is 8.95. The Kier molecular flexibility index (Phi) is 3.74. The van der Waals surface area contributed by atoms with Gasteiger partial charge in [-0.25, -0.2) is 12.8 Å². The van der Waals surface area contributed by atoms with Crippen molar-refractivity contribution in [2.24, 2.45) is 11.1 Å². The van der Waals surface area contributed by atoms with Crippen LogP contribution in [0.2, 0.25) is 0 Å². The summed E-state index contributed by atoms with van der Waals surface area (Å²) in [5.74, 6) is -1.48. The highest BCUT2D eigenvalue weighted by molar-refractivity contribution is 7.89. The van der Waals surface area contributed by atoms with E-state index < -0.39 is 37.6 Å². The maximum Gasteiger partial charge on any atom is 0.244 e. The van der Waals surface area contributed by atoms with Crippen molar-refractivity contribution in [1.29, 1.82) is 5.26 Å². The average molecular weight is 311 g/mol. The molecule has 1 atom stereocenters. The number of nitriles is 1. The van der Waals surface area contributed by atoms with Crippen LogP contribution in [0.1, 0.15) is 18.9 Å². The van der Waals surface area contributed by atoms with Gasteiger partial charge in [0.2, 0.25) is 15.9 Å². The van der Waals surface area contributed by atoms with E-state index in [1.54, 1.807) is 13.0 Å². The third-order valence-corrected chi connectivity index (χ3v) is 5.63. The third kappa shape index (κ3) is 2.50. The molecule has 1 unspecified atom stereocenters. The zero-order valence-electron chi connectivity index (χ0n) is 11.3. The first-order valence-electron chi connectivity index (χ1n) is 6.21. The second kappa shape index (κ2) is 5.09. The van der Waals surface area contributed by atoms with Crippen LogP contribution in [0.3, 0.4) is 0 Å². The van der Waals surface area contributed by atoms with Crippen LogP contribution in [0.4, 0.5) is 4.39 Å². The Hall–Kier alpha value is -1.98. The van der Waals surface area contributed by atoms with Gasteiger partial charge in [0.25, 0.3) is 0 Å². The van der Waals surface area contributed by atoms with E-state index >= 15 is 0 Å². The van der Waals surface area contributed by atoms with Gasteiger partial charge >= 0.3 is 0 Å². The summed E-state index contributed by atoms with van der Waals surface area (Å²) >= 11 is 0. The molecule has 0 radical (unpaired) electrons. The van der Waals surface area contributed by atoms with Crippen molar-refractivity contribution in [2.45, 2.75) is 18.2 Å². The van der Waals surface area contributed by atoms with Crippen LogP contribution >= 0.6 is 0 Å². The van der Waals surface area contributed by atoms with Gasteiger partial charge in [0.1, 0.15) is 22.3 Å². The van der Waals surface area contributed by atoms with Crippen LogP contribution in [-0.2, 0) is 14.8 Å². The zero-order chi connectivity index (χ0) is 15.8. The average Bonchev–Trinajstić information content (AvgIpc) is 2.83. The summed E-state index contributed by atoms with van der Waals surface area (Å²) in [7, 11) is -4.05. The molecule has 1 amide bonds. The molecule has 1 aliphatic heterocycles. The molecule has 2 rings (SSSR count). The van der Waals surface area contributed by atoms with E-state index in [1.165, 1.54) is 12.1 Å². The first-order valence-corrected chi connectivity index (χ1v) is 7.65. The van der Waals surface area contributed by atoms with Crippen LogP contribution < -0.4 is 5.73 Å². The Balaban J connectivity index is 2.44. The van der Waals surface area contributed by atoms with Crippen molar-refractivity contribution >= 4 is 15.9 Å². The molecule has 1 fully saturated rings. The largest absolute Gasteiger partial charge is 0.369 e. The summed E-state index contributed by atoms with van der Waals surface area (Å²) in [4.78, 5) is 11.0. The number of nitrogens with two attached hydrogens (primary N) is 1. The second-order valence-electron chi connectivity index (χ2n) is 5.24. The molecule has 6 nitrogen and oxygen atoms in total. The van der Waals surface area contributed by atoms with Crippen molar-refractivity contribution in [1.82, 2.24) is 4.31 Å². The Morgan fingerprint density at radius 1 is 1.52 bits per heavy atom. The molecule has 1 aromatic carbocycles. The number of nitrogens with zero attached hydrogens (tertiary/aromatic N) is 2. The van der Waals surface area contributed by atoms with E-state index in [9.17, 15) is 17.6 Å². The molecule has 0 aromatic heterocycles. The molecule has 0 bridgehead atoms. The quantitative estimate of drug-likeness (QED) is 0.881. The fourth-order valence-electron chi connectivity index (χ4n) is 2.29. The number of carbonyl (C=O) groups is 1. The lowest BCUT2D eigenvalue weighted by molar-refractivity contribution is -0.126. The number of carbonyl (C=O) groups excluding carboxylic acids is 1. The molecule has 0 aliphatic carbocycles. The Morgan fingerprint density at radius 3 is 2.71 bits per heavy atom. The topological polar surface area (TPSA) is 104 Å². The van der Waals surface area contributed by atoms with E-state index in [0.29, 0.717) is 6.42 Å². The lowest BCUT2D eigenvalue weighted by Gasteiger charge is -2.21. The number of benzene rings is 1. The van der Waals surface area contributed by atoms with Gasteiger partial charge in [-0.3, -0.25) is 4.79 Å². The first-order chi connectivity index (χ1) is 9.72. The monoisotopic (exact) mass is 311 g/mol. The molecule has 0 spiro atoms. The molecule has 1 aromatic rings. The van der Waals surface area contributed by atoms with Gasteiger partial charge in [-0.05, 0) is 25.5 Å². The number of primary amides is 1. The highest BCUT2D eigenvalue weighted by Crippen LogP contribution is 2.34. The van der Waals surface area contributed by atoms with Gasteiger partial charge in [-0.15, -0.1) is 0 Å². The van der Waals surface area contributed by atoms with Gasteiger partial charge in [-0.1, -0.05) is 6.07 Å². The van der Waals surface area contributed by atoms with E-state index in [1.807, 2.05) is 0 Å². The Bertz CT molecular complexity index is 742. The second-order valence-corrected chi connectivity index (χ2v) is 7.14. The van der Waals surface area contributed by atoms with Gasteiger partial charge < -0.3 is 5.73 Å². The Labute approximate surface area is 122 Å². The maximum absolute atomic E-state index is 13.6. The summed E-state index contributed by atoms with van der Waals surface area (Å²) in [6.45, 7) is 1.61. The molecule has 1 aliphatic rings. The highest BCUT2D eigenvalue weighted by Gasteiger charge is 2.44. The van der Waals surface area contributed by atoms with Crippen LogP contribution in [0.25, 0.3) is 0 Å². The fourth-order valence-corrected chi connectivity index (χ4v) is 4.01. The lowest BCUT2D eigenvalue weighted by Crippen LogP contribution is -2.38. The molecular weight excluding hydrogens is 297 g/mol. The van der Waals surface area contributed by atoms with E-state index in [0.717, 1.165) is 10.4 Å². The van der Waals surface area contributed by atoms with Crippen molar-refractivity contribution in [3.8, 4) is 6.07 Å². The standard InChI is InChI=1S/C13H14FN3O3S/c1-13(12(16)18)5-6-17(8-13)21(19,20)11-4-2-3-10(14)9(11)7-15/h2-4H,5-6,8H2,1H3,(H2,16,18). The Morgan fingerprint density at radius 2 is 2.19 bits per heavy atom. The predicted molar refractivity (Wildman–Crippen MR) is 71.8 cm³/mol. The number of hydrogen-bond acceptors (Lipinski definition) is 4. The van der Waals surface area contributed by atoms with Gasteiger partial charge in [0.15, 0.2) is 0 Å². The number of halogens is 1. The van der Waals surface area contributed by atoms with E-state index in [4.69, 9.17) is 11.0 Å². The van der Waals surface area contributed by atoms with Gasteiger partial charge in [0.05, 0.1) is 5.41 Å². The first kappa shape index (κ1) is 15.4. The normalized spacial score (nSPS) is 22.9. The maximum atomic E-state index is 13.6. The van der Waals surface area contributed by atoms with E-state index in [2.05, 4.69) is 0 Å². The lowest BCUT2D eigenvalue weighted by atomic mass is 9.89. The van der Waals surface area contributed by atoms with E-state index in [-0.39, 0.29) is 13.1 Å². The van der Waals surface area contributed by atoms with Crippen molar-refractivity contribution in [3.63, 3.8) is 0 Å². The fraction of sp³-hybridized carbons (Fsp3) is 0.385. The van der Waals surface area contributed by atoms with Crippen molar-refractivity contribution < 1.29 is 17.6 Å².